The topological polar surface area (TPSA) is 629 Å². The van der Waals surface area contributed by atoms with Crippen molar-refractivity contribution in [3.8, 4) is 5.75 Å². The zero-order chi connectivity index (χ0) is 82.3. The number of aromatic amines is 1. The molecule has 3 aromatic rings. The van der Waals surface area contributed by atoms with E-state index in [1.54, 1.807) is 58.2 Å². The Hall–Kier alpha value is -10.4. The van der Waals surface area contributed by atoms with Crippen molar-refractivity contribution in [3.63, 3.8) is 0 Å². The van der Waals surface area contributed by atoms with Crippen molar-refractivity contribution in [1.82, 2.24) is 79.0 Å². The van der Waals surface area contributed by atoms with E-state index in [9.17, 15) is 73.2 Å². The van der Waals surface area contributed by atoms with Crippen LogP contribution in [0.15, 0.2) is 59.7 Å². The van der Waals surface area contributed by atoms with Crippen molar-refractivity contribution in [3.05, 3.63) is 65.9 Å². The first-order valence-corrected chi connectivity index (χ1v) is 39.5. The van der Waals surface area contributed by atoms with E-state index < -0.39 is 224 Å². The fourth-order valence-electron chi connectivity index (χ4n) is 12.5. The highest BCUT2D eigenvalue weighted by Crippen LogP contribution is 2.26. The Kier molecular flexibility index (Phi) is 36.6. The zero-order valence-electron chi connectivity index (χ0n) is 62.8. The van der Waals surface area contributed by atoms with E-state index in [0.29, 0.717) is 22.0 Å². The summed E-state index contributed by atoms with van der Waals surface area (Å²) in [7, 11) is 1.70. The zero-order valence-corrected chi connectivity index (χ0v) is 64.5. The van der Waals surface area contributed by atoms with Gasteiger partial charge in [0.05, 0.1) is 26.4 Å². The number of aromatic hydroxyl groups is 1. The van der Waals surface area contributed by atoms with Crippen molar-refractivity contribution < 1.29 is 92.3 Å². The lowest BCUT2D eigenvalue weighted by Gasteiger charge is -2.31. The molecule has 112 heavy (non-hydrogen) atoms. The third-order valence-electron chi connectivity index (χ3n) is 18.9. The second-order valence-electron chi connectivity index (χ2n) is 27.9. The molecule has 6 rings (SSSR count). The van der Waals surface area contributed by atoms with E-state index >= 15 is 19.2 Å². The Bertz CT molecular complexity index is 3830. The molecule has 2 bridgehead atoms. The van der Waals surface area contributed by atoms with Crippen molar-refractivity contribution in [2.24, 2.45) is 39.8 Å². The van der Waals surface area contributed by atoms with Gasteiger partial charge in [-0.2, -0.15) is 0 Å². The Morgan fingerprint density at radius 2 is 1.05 bits per heavy atom. The van der Waals surface area contributed by atoms with E-state index in [1.807, 2.05) is 0 Å². The summed E-state index contributed by atoms with van der Waals surface area (Å²) < 4.78 is 0. The number of primary amides is 1. The monoisotopic (exact) mass is 1610 g/mol. The summed E-state index contributed by atoms with van der Waals surface area (Å²) in [6.45, 7) is 2.44. The maximum Gasteiger partial charge on any atom is 0.245 e. The van der Waals surface area contributed by atoms with Gasteiger partial charge in [-0.15, -0.1) is 0 Å². The number of hydrogen-bond acceptors (Lipinski definition) is 23. The number of nitrogens with two attached hydrogens (primary N) is 4. The molecule has 616 valence electrons. The molecule has 3 saturated heterocycles. The first-order valence-electron chi connectivity index (χ1n) is 37.0. The Morgan fingerprint density at radius 3 is 1.62 bits per heavy atom. The quantitative estimate of drug-likeness (QED) is 0.0192. The van der Waals surface area contributed by atoms with Crippen molar-refractivity contribution >= 4 is 127 Å². The van der Waals surface area contributed by atoms with E-state index in [2.05, 4.69) is 79.1 Å². The fraction of sp³-hybridized carbons (Fsp3) is 0.577. The molecule has 3 fully saturated rings. The van der Waals surface area contributed by atoms with Crippen molar-refractivity contribution in [1.29, 1.82) is 0 Å². The molecule has 14 atom stereocenters. The standard InChI is InChI=1S/C71H106N20O19S2/c1-5-37(4)57-69(109)89-53-35-112-111-34-52(88-60(100)46(26-36(2)3)84-68(108)54-16-11-25-91(54)70(110)45(21-22-55(73)96)81-64(104)50(32-93)86-62(102)48(83-67(53)107)28-39-29-77-42-13-7-6-12-41(39)42)66(106)80-44(14-8-9-23-72)59(99)82-47(27-38-17-19-40(95)20-18-38)61(101)85-51(33-94)65(105)87-49(31-92)63(103)79-43(15-10-24-76-71(74)75)58(98)78-30-56(97)90-57/h6-7,12-13,17-20,29,36-37,43-54,57,77,92-95H,5,8-11,14-16,21-28,30-35,72H2,1-4H3,(H2,73,96)(H,78,98)(H,79,103)(H,80,106)(H,81,104)(H,82,99)(H,83,107)(H,84,108)(H,85,101)(H,86,102)(H,87,105)(H,88,100)(H,89,109)(H,90,97)(H4,74,75,76)/t37-,43?,44-,45-,46?,47-,48-,49?,50-,51-,52-,53-,54-,57-/m0/s1. The molecule has 2 aromatic carbocycles. The number of guanidine groups is 1. The smallest absolute Gasteiger partial charge is 0.245 e. The first-order chi connectivity index (χ1) is 53.4. The minimum Gasteiger partial charge on any atom is -0.508 e. The highest BCUT2D eigenvalue weighted by atomic mass is 33.1. The highest BCUT2D eigenvalue weighted by molar-refractivity contribution is 8.76. The number of rotatable bonds is 22. The number of phenolic OH excluding ortho intramolecular Hbond substituents is 1. The van der Waals surface area contributed by atoms with Crippen LogP contribution in [-0.2, 0) is 84.8 Å². The van der Waals surface area contributed by atoms with Crippen LogP contribution in [-0.4, -0.2) is 261 Å². The molecule has 0 spiro atoms. The number of aliphatic imine (C=N–C) groups is 1. The second kappa shape index (κ2) is 45.2. The maximum absolute atomic E-state index is 15.4. The molecule has 26 N–H and O–H groups in total. The summed E-state index contributed by atoms with van der Waals surface area (Å²) in [6, 6.07) is -9.27. The van der Waals surface area contributed by atoms with Crippen LogP contribution in [0.5, 0.6) is 5.75 Å². The number of aliphatic hydroxyl groups excluding tert-OH is 3. The van der Waals surface area contributed by atoms with Crippen LogP contribution in [0.1, 0.15) is 109 Å². The maximum atomic E-state index is 15.4. The Morgan fingerprint density at radius 1 is 0.554 bits per heavy atom. The number of nitrogens with zero attached hydrogens (tertiary/aromatic N) is 2. The number of carbonyl (C=O) groups excluding carboxylic acids is 15. The lowest BCUT2D eigenvalue weighted by molar-refractivity contribution is -0.143. The van der Waals surface area contributed by atoms with Crippen LogP contribution in [0.3, 0.4) is 0 Å². The summed E-state index contributed by atoms with van der Waals surface area (Å²) in [6.07, 6.45) is 0.341. The number of hydrogen-bond donors (Lipinski definition) is 22. The number of phenols is 1. The SMILES string of the molecule is CC[C@H](C)[C@@H]1NC(=O)CNC(=O)C(CCCN=C(N)N)NC(=O)C(CO)NC(=O)[C@H](CO)NC(=O)[C@H](Cc2ccc(O)cc2)NC(=O)[C@H](CCCCN)NC(=O)[C@@H]2CSSC[C@H](NC1=O)C(=O)N[C@@H](Cc1c[nH]c3ccccc13)C(=O)N[C@@H](CO)C(=O)N[C@@H](CCC(N)=O)C(=O)N1CCC[C@H]1C(=O)NC(CC(C)C)C(=O)N2. The van der Waals surface area contributed by atoms with Gasteiger partial charge >= 0.3 is 0 Å². The molecule has 39 nitrogen and oxygen atoms in total. The van der Waals surface area contributed by atoms with Crippen molar-refractivity contribution in [2.75, 3.05) is 57.5 Å². The average molecular weight is 1610 g/mol. The number of H-pyrrole nitrogens is 1. The van der Waals surface area contributed by atoms with Crippen LogP contribution in [0, 0.1) is 11.8 Å². The number of aliphatic hydroxyl groups is 3. The van der Waals surface area contributed by atoms with Gasteiger partial charge in [-0.25, -0.2) is 0 Å². The molecule has 0 radical (unpaired) electrons. The van der Waals surface area contributed by atoms with Gasteiger partial charge in [0.15, 0.2) is 5.96 Å². The molecule has 4 heterocycles. The van der Waals surface area contributed by atoms with Gasteiger partial charge < -0.3 is 122 Å². The van der Waals surface area contributed by atoms with Crippen LogP contribution in [0.25, 0.3) is 10.9 Å². The fourth-order valence-corrected chi connectivity index (χ4v) is 14.8. The lowest BCUT2D eigenvalue weighted by atomic mass is 9.98. The van der Waals surface area contributed by atoms with Gasteiger partial charge in [-0.3, -0.25) is 76.9 Å². The summed E-state index contributed by atoms with van der Waals surface area (Å²) in [5.41, 5.74) is 23.9. The number of fused-ring (bicyclic) bond motifs is 7. The van der Waals surface area contributed by atoms with E-state index in [0.717, 1.165) is 26.5 Å². The third-order valence-corrected chi connectivity index (χ3v) is 21.3. The largest absolute Gasteiger partial charge is 0.508 e. The summed E-state index contributed by atoms with van der Waals surface area (Å²) in [4.78, 5) is 226. The molecule has 0 aliphatic carbocycles. The van der Waals surface area contributed by atoms with Crippen LogP contribution < -0.4 is 92.1 Å². The highest BCUT2D eigenvalue weighted by Gasteiger charge is 2.42. The number of nitrogens with one attached hydrogen (secondary N) is 14. The average Bonchev–Trinajstić information content (AvgIpc) is 1.64. The number of para-hydroxylation sites is 1. The molecule has 3 aliphatic heterocycles. The molecule has 0 saturated carbocycles. The van der Waals surface area contributed by atoms with Gasteiger partial charge in [0.2, 0.25) is 88.6 Å². The van der Waals surface area contributed by atoms with Crippen LogP contribution in [0.2, 0.25) is 0 Å². The molecule has 3 unspecified atom stereocenters. The van der Waals surface area contributed by atoms with Gasteiger partial charge in [-0.05, 0) is 105 Å². The molecule has 15 amide bonds. The second-order valence-corrected chi connectivity index (χ2v) is 30.5. The summed E-state index contributed by atoms with van der Waals surface area (Å²) in [5.74, 6) is -18.0. The summed E-state index contributed by atoms with van der Waals surface area (Å²) in [5, 5.41) is 75.8. The number of amides is 15. The van der Waals surface area contributed by atoms with Crippen molar-refractivity contribution in [2.45, 2.75) is 190 Å². The van der Waals surface area contributed by atoms with Crippen LogP contribution >= 0.6 is 21.6 Å². The normalized spacial score (nSPS) is 25.8. The molecule has 3 aliphatic rings. The van der Waals surface area contributed by atoms with Gasteiger partial charge in [-0.1, -0.05) is 86.0 Å². The molecule has 41 heteroatoms. The number of carbonyl (C=O) groups is 15. The van der Waals surface area contributed by atoms with E-state index in [1.165, 1.54) is 24.3 Å². The van der Waals surface area contributed by atoms with Gasteiger partial charge in [0.25, 0.3) is 0 Å². The van der Waals surface area contributed by atoms with Crippen LogP contribution in [0.4, 0.5) is 0 Å². The Balaban J connectivity index is 1.53. The van der Waals surface area contributed by atoms with Gasteiger partial charge in [0, 0.05) is 61.0 Å². The third kappa shape index (κ3) is 27.8. The number of aromatic nitrogens is 1. The predicted octanol–water partition coefficient (Wildman–Crippen LogP) is -6.49. The molecular formula is C71H106N20O19S2. The Labute approximate surface area is 654 Å². The lowest BCUT2D eigenvalue weighted by Crippen LogP contribution is -2.62. The molecular weight excluding hydrogens is 1500 g/mol. The van der Waals surface area contributed by atoms with E-state index in [-0.39, 0.29) is 108 Å². The summed E-state index contributed by atoms with van der Waals surface area (Å²) >= 11 is 0. The first kappa shape index (κ1) is 90.5. The molecule has 1 aromatic heterocycles. The minimum absolute atomic E-state index is 0.0110. The van der Waals surface area contributed by atoms with Gasteiger partial charge in [0.1, 0.15) is 84.3 Å². The van der Waals surface area contributed by atoms with E-state index in [4.69, 9.17) is 22.9 Å². The predicted molar refractivity (Wildman–Crippen MR) is 411 cm³/mol. The minimum atomic E-state index is -1.92. The number of benzene rings is 2. The number of unbranched alkanes of at least 4 members (excludes halogenated alkanes) is 1.